The lowest BCUT2D eigenvalue weighted by Crippen LogP contribution is -2.47. The van der Waals surface area contributed by atoms with Crippen LogP contribution >= 0.6 is 0 Å². The van der Waals surface area contributed by atoms with Crippen LogP contribution in [0.1, 0.15) is 36.8 Å². The van der Waals surface area contributed by atoms with Crippen molar-refractivity contribution in [3.05, 3.63) is 35.4 Å². The Morgan fingerprint density at radius 1 is 1.24 bits per heavy atom. The predicted molar refractivity (Wildman–Crippen MR) is 83.2 cm³/mol. The molecule has 114 valence electrons. The molecule has 1 aliphatic carbocycles. The van der Waals surface area contributed by atoms with E-state index in [4.69, 9.17) is 4.74 Å². The van der Waals surface area contributed by atoms with Crippen LogP contribution in [0.15, 0.2) is 24.3 Å². The molecule has 1 atom stereocenters. The topological polar surface area (TPSA) is 29.5 Å². The van der Waals surface area contributed by atoms with Crippen LogP contribution in [0.25, 0.3) is 0 Å². The van der Waals surface area contributed by atoms with E-state index in [1.165, 1.54) is 17.5 Å². The number of ether oxygens (including phenoxy) is 1. The maximum atomic E-state index is 12.9. The van der Waals surface area contributed by atoms with Crippen molar-refractivity contribution in [1.29, 1.82) is 0 Å². The lowest BCUT2D eigenvalue weighted by molar-refractivity contribution is -0.139. The fraction of sp³-hybridized carbons (Fsp3) is 0.611. The molecule has 1 aliphatic heterocycles. The first-order valence-electron chi connectivity index (χ1n) is 8.16. The van der Waals surface area contributed by atoms with Crippen LogP contribution in [0.4, 0.5) is 0 Å². The van der Waals surface area contributed by atoms with Gasteiger partial charge < -0.3 is 9.64 Å². The SMILES string of the molecule is COCC[C@H]1CCCCN1C(=O)C1Cc2ccccc2C1. The van der Waals surface area contributed by atoms with E-state index in [2.05, 4.69) is 29.2 Å². The lowest BCUT2D eigenvalue weighted by atomic mass is 9.96. The molecule has 2 aliphatic rings. The predicted octanol–water partition coefficient (Wildman–Crippen LogP) is 2.82. The molecule has 1 aromatic rings. The maximum Gasteiger partial charge on any atom is 0.226 e. The second kappa shape index (κ2) is 6.61. The Bertz CT molecular complexity index is 475. The number of hydrogen-bond donors (Lipinski definition) is 0. The number of nitrogens with zero attached hydrogens (tertiary/aromatic N) is 1. The number of carbonyl (C=O) groups excluding carboxylic acids is 1. The van der Waals surface area contributed by atoms with Gasteiger partial charge in [-0.15, -0.1) is 0 Å². The number of rotatable bonds is 4. The molecule has 1 saturated heterocycles. The van der Waals surface area contributed by atoms with E-state index >= 15 is 0 Å². The van der Waals surface area contributed by atoms with Crippen LogP contribution in [0, 0.1) is 5.92 Å². The molecule has 0 unspecified atom stereocenters. The van der Waals surface area contributed by atoms with Crippen LogP contribution in [-0.4, -0.2) is 37.1 Å². The average molecular weight is 287 g/mol. The van der Waals surface area contributed by atoms with Crippen molar-refractivity contribution in [2.24, 2.45) is 5.92 Å². The minimum Gasteiger partial charge on any atom is -0.385 e. The summed E-state index contributed by atoms with van der Waals surface area (Å²) in [7, 11) is 1.74. The molecule has 21 heavy (non-hydrogen) atoms. The van der Waals surface area contributed by atoms with Gasteiger partial charge in [0.1, 0.15) is 0 Å². The highest BCUT2D eigenvalue weighted by atomic mass is 16.5. The molecule has 1 amide bonds. The number of piperidine rings is 1. The number of hydrogen-bond acceptors (Lipinski definition) is 2. The van der Waals surface area contributed by atoms with Crippen molar-refractivity contribution < 1.29 is 9.53 Å². The number of fused-ring (bicyclic) bond motifs is 1. The zero-order chi connectivity index (χ0) is 14.7. The van der Waals surface area contributed by atoms with Gasteiger partial charge >= 0.3 is 0 Å². The molecular formula is C18H25NO2. The molecule has 0 spiro atoms. The van der Waals surface area contributed by atoms with Crippen molar-refractivity contribution in [3.63, 3.8) is 0 Å². The van der Waals surface area contributed by atoms with Gasteiger partial charge in [0, 0.05) is 32.2 Å². The van der Waals surface area contributed by atoms with E-state index in [1.807, 2.05) is 0 Å². The third-order valence-electron chi connectivity index (χ3n) is 4.97. The second-order valence-corrected chi connectivity index (χ2v) is 6.34. The Labute approximate surface area is 127 Å². The molecule has 0 N–H and O–H groups in total. The highest BCUT2D eigenvalue weighted by Crippen LogP contribution is 2.30. The van der Waals surface area contributed by atoms with Crippen LogP contribution in [0.5, 0.6) is 0 Å². The summed E-state index contributed by atoms with van der Waals surface area (Å²) in [6.07, 6.45) is 6.33. The summed E-state index contributed by atoms with van der Waals surface area (Å²) in [6.45, 7) is 1.68. The Balaban J connectivity index is 1.67. The standard InChI is InChI=1S/C18H25NO2/c1-21-11-9-17-8-4-5-10-19(17)18(20)16-12-14-6-2-3-7-15(14)13-16/h2-3,6-7,16-17H,4-5,8-13H2,1H3/t17-/m1/s1. The van der Waals surface area contributed by atoms with Gasteiger partial charge in [0.2, 0.25) is 5.91 Å². The van der Waals surface area contributed by atoms with E-state index in [1.54, 1.807) is 7.11 Å². The quantitative estimate of drug-likeness (QED) is 0.852. The zero-order valence-electron chi connectivity index (χ0n) is 12.9. The summed E-state index contributed by atoms with van der Waals surface area (Å²) >= 11 is 0. The largest absolute Gasteiger partial charge is 0.385 e. The highest BCUT2D eigenvalue weighted by Gasteiger charge is 2.34. The fourth-order valence-corrected chi connectivity index (χ4v) is 3.81. The monoisotopic (exact) mass is 287 g/mol. The number of likely N-dealkylation sites (tertiary alicyclic amines) is 1. The van der Waals surface area contributed by atoms with Gasteiger partial charge in [-0.1, -0.05) is 24.3 Å². The summed E-state index contributed by atoms with van der Waals surface area (Å²) in [4.78, 5) is 15.1. The van der Waals surface area contributed by atoms with Gasteiger partial charge in [0.05, 0.1) is 0 Å². The Kier molecular flexibility index (Phi) is 4.59. The smallest absolute Gasteiger partial charge is 0.226 e. The van der Waals surface area contributed by atoms with E-state index < -0.39 is 0 Å². The molecular weight excluding hydrogens is 262 g/mol. The van der Waals surface area contributed by atoms with Gasteiger partial charge in [0.15, 0.2) is 0 Å². The average Bonchev–Trinajstić information content (AvgIpc) is 2.96. The van der Waals surface area contributed by atoms with Gasteiger partial charge in [0.25, 0.3) is 0 Å². The summed E-state index contributed by atoms with van der Waals surface area (Å²) < 4.78 is 5.21. The minimum absolute atomic E-state index is 0.158. The Morgan fingerprint density at radius 3 is 2.62 bits per heavy atom. The van der Waals surface area contributed by atoms with Crippen molar-refractivity contribution in [2.75, 3.05) is 20.3 Å². The number of amides is 1. The van der Waals surface area contributed by atoms with Crippen molar-refractivity contribution in [2.45, 2.75) is 44.6 Å². The van der Waals surface area contributed by atoms with Crippen LogP contribution in [0.3, 0.4) is 0 Å². The third-order valence-corrected chi connectivity index (χ3v) is 4.97. The molecule has 3 heteroatoms. The lowest BCUT2D eigenvalue weighted by Gasteiger charge is -2.37. The number of methoxy groups -OCH3 is 1. The molecule has 3 rings (SSSR count). The summed E-state index contributed by atoms with van der Waals surface area (Å²) in [5.41, 5.74) is 2.72. The second-order valence-electron chi connectivity index (χ2n) is 6.34. The van der Waals surface area contributed by atoms with E-state index in [9.17, 15) is 4.79 Å². The van der Waals surface area contributed by atoms with Crippen LogP contribution in [-0.2, 0) is 22.4 Å². The zero-order valence-corrected chi connectivity index (χ0v) is 12.9. The van der Waals surface area contributed by atoms with Gasteiger partial charge in [-0.3, -0.25) is 4.79 Å². The molecule has 0 aromatic heterocycles. The number of benzene rings is 1. The van der Waals surface area contributed by atoms with Crippen molar-refractivity contribution in [1.82, 2.24) is 4.90 Å². The maximum absolute atomic E-state index is 12.9. The van der Waals surface area contributed by atoms with E-state index in [-0.39, 0.29) is 5.92 Å². The molecule has 0 saturated carbocycles. The van der Waals surface area contributed by atoms with E-state index in [0.717, 1.165) is 45.3 Å². The summed E-state index contributed by atoms with van der Waals surface area (Å²) in [6, 6.07) is 8.87. The van der Waals surface area contributed by atoms with Gasteiger partial charge in [-0.05, 0) is 49.7 Å². The van der Waals surface area contributed by atoms with Crippen molar-refractivity contribution >= 4 is 5.91 Å². The first-order chi connectivity index (χ1) is 10.3. The summed E-state index contributed by atoms with van der Waals surface area (Å²) in [5.74, 6) is 0.526. The van der Waals surface area contributed by atoms with Gasteiger partial charge in [-0.25, -0.2) is 0 Å². The highest BCUT2D eigenvalue weighted by molar-refractivity contribution is 5.81. The molecule has 1 aromatic carbocycles. The third kappa shape index (κ3) is 3.13. The molecule has 0 bridgehead atoms. The molecule has 0 radical (unpaired) electrons. The normalized spacial score (nSPS) is 22.3. The summed E-state index contributed by atoms with van der Waals surface area (Å²) in [5, 5.41) is 0. The first-order valence-corrected chi connectivity index (χ1v) is 8.16. The number of carbonyl (C=O) groups is 1. The van der Waals surface area contributed by atoms with Crippen LogP contribution < -0.4 is 0 Å². The first kappa shape index (κ1) is 14.6. The molecule has 3 nitrogen and oxygen atoms in total. The fourth-order valence-electron chi connectivity index (χ4n) is 3.81. The van der Waals surface area contributed by atoms with Gasteiger partial charge in [-0.2, -0.15) is 0 Å². The minimum atomic E-state index is 0.158. The Morgan fingerprint density at radius 2 is 1.95 bits per heavy atom. The van der Waals surface area contributed by atoms with Crippen LogP contribution in [0.2, 0.25) is 0 Å². The molecule has 1 fully saturated rings. The molecule has 1 heterocycles. The Hall–Kier alpha value is -1.35. The van der Waals surface area contributed by atoms with Crippen molar-refractivity contribution in [3.8, 4) is 0 Å². The van der Waals surface area contributed by atoms with E-state index in [0.29, 0.717) is 11.9 Å².